The average Bonchev–Trinajstić information content (AvgIpc) is 2.77. The fourth-order valence-corrected chi connectivity index (χ4v) is 5.01. The largest absolute Gasteiger partial charge is 0.872 e. The van der Waals surface area contributed by atoms with Crippen molar-refractivity contribution in [2.75, 3.05) is 0 Å². The van der Waals surface area contributed by atoms with E-state index in [1.807, 2.05) is 26.0 Å². The van der Waals surface area contributed by atoms with Gasteiger partial charge in [0.1, 0.15) is 16.9 Å². The van der Waals surface area contributed by atoms with Crippen LogP contribution in [0.4, 0.5) is 0 Å². The van der Waals surface area contributed by atoms with Crippen molar-refractivity contribution in [2.45, 2.75) is 33.6 Å². The second-order valence-corrected chi connectivity index (χ2v) is 9.04. The first-order chi connectivity index (χ1) is 16.7. The maximum absolute atomic E-state index is 13.8. The zero-order valence-corrected chi connectivity index (χ0v) is 19.8. The molecule has 5 rings (SSSR count). The van der Waals surface area contributed by atoms with Gasteiger partial charge in [0.25, 0.3) is 0 Å². The first-order valence-electron chi connectivity index (χ1n) is 11.2. The highest BCUT2D eigenvalue weighted by molar-refractivity contribution is 5.90. The molecule has 6 heteroatoms. The Bertz CT molecular complexity index is 1630. The van der Waals surface area contributed by atoms with Crippen LogP contribution in [0.25, 0.3) is 21.9 Å². The molecule has 0 aliphatic carbocycles. The van der Waals surface area contributed by atoms with Crippen molar-refractivity contribution in [3.63, 3.8) is 0 Å². The highest BCUT2D eigenvalue weighted by Gasteiger charge is 2.30. The number of aromatic hydroxyl groups is 1. The first kappa shape index (κ1) is 22.5. The Kier molecular flexibility index (Phi) is 5.24. The molecular weight excluding hydrogens is 444 g/mol. The van der Waals surface area contributed by atoms with E-state index in [9.17, 15) is 19.8 Å². The number of hydrogen-bond acceptors (Lipinski definition) is 6. The van der Waals surface area contributed by atoms with E-state index in [0.717, 1.165) is 11.1 Å². The molecule has 35 heavy (non-hydrogen) atoms. The quantitative estimate of drug-likeness (QED) is 0.371. The lowest BCUT2D eigenvalue weighted by Crippen LogP contribution is -2.23. The van der Waals surface area contributed by atoms with Crippen molar-refractivity contribution >= 4 is 21.9 Å². The van der Waals surface area contributed by atoms with Gasteiger partial charge in [-0.1, -0.05) is 48.2 Å². The molecule has 0 bridgehead atoms. The SMILES string of the molecule is Cc1cc(C)c2c([O-])c(C(c3ccccc3)c3c(O)c4c(C)cc(C)cc4oc3=O)c(=O)oc2c1. The molecule has 0 saturated heterocycles. The molecule has 1 atom stereocenters. The Morgan fingerprint density at radius 3 is 1.86 bits per heavy atom. The molecule has 6 nitrogen and oxygen atoms in total. The summed E-state index contributed by atoms with van der Waals surface area (Å²) in [6.07, 6.45) is 0. The molecule has 176 valence electrons. The standard InChI is InChI=1S/C29H24O6/c1-14-10-16(3)21-19(12-14)34-28(32)24(26(21)30)23(18-8-6-5-7-9-18)25-27(31)22-17(4)11-15(2)13-20(22)35-29(25)33/h5-13,23,30-31H,1-4H3/p-1. The van der Waals surface area contributed by atoms with E-state index in [4.69, 9.17) is 8.83 Å². The summed E-state index contributed by atoms with van der Waals surface area (Å²) in [5, 5.41) is 25.8. The van der Waals surface area contributed by atoms with Crippen molar-refractivity contribution in [2.24, 2.45) is 0 Å². The van der Waals surface area contributed by atoms with Crippen LogP contribution >= 0.6 is 0 Å². The normalized spacial score (nSPS) is 12.3. The Labute approximate surface area is 200 Å². The van der Waals surface area contributed by atoms with Gasteiger partial charge in [-0.05, 0) is 67.6 Å². The second kappa shape index (κ2) is 8.17. The van der Waals surface area contributed by atoms with Crippen LogP contribution in [-0.4, -0.2) is 5.11 Å². The summed E-state index contributed by atoms with van der Waals surface area (Å²) in [6.45, 7) is 7.27. The van der Waals surface area contributed by atoms with E-state index in [0.29, 0.717) is 22.1 Å². The zero-order chi connectivity index (χ0) is 25.0. The third-order valence-electron chi connectivity index (χ3n) is 6.41. The van der Waals surface area contributed by atoms with Crippen LogP contribution < -0.4 is 16.4 Å². The van der Waals surface area contributed by atoms with Gasteiger partial charge in [-0.3, -0.25) is 0 Å². The van der Waals surface area contributed by atoms with Crippen LogP contribution in [0.1, 0.15) is 44.9 Å². The smallest absolute Gasteiger partial charge is 0.344 e. The minimum Gasteiger partial charge on any atom is -0.872 e. The number of rotatable bonds is 3. The van der Waals surface area contributed by atoms with Crippen LogP contribution in [0.15, 0.2) is 73.0 Å². The van der Waals surface area contributed by atoms with Crippen LogP contribution in [0, 0.1) is 27.7 Å². The summed E-state index contributed by atoms with van der Waals surface area (Å²) in [5.74, 6) is -2.05. The zero-order valence-electron chi connectivity index (χ0n) is 19.8. The maximum atomic E-state index is 13.8. The van der Waals surface area contributed by atoms with Gasteiger partial charge in [0.15, 0.2) is 0 Å². The van der Waals surface area contributed by atoms with Crippen molar-refractivity contribution in [1.29, 1.82) is 0 Å². The molecule has 2 heterocycles. The van der Waals surface area contributed by atoms with Gasteiger partial charge in [-0.2, -0.15) is 0 Å². The van der Waals surface area contributed by atoms with Gasteiger partial charge in [-0.25, -0.2) is 9.59 Å². The van der Waals surface area contributed by atoms with Gasteiger partial charge >= 0.3 is 11.3 Å². The monoisotopic (exact) mass is 467 g/mol. The van der Waals surface area contributed by atoms with E-state index >= 15 is 0 Å². The highest BCUT2D eigenvalue weighted by atomic mass is 16.4. The molecule has 2 aromatic heterocycles. The van der Waals surface area contributed by atoms with Crippen LogP contribution in [0.2, 0.25) is 0 Å². The van der Waals surface area contributed by atoms with Crippen LogP contribution in [0.5, 0.6) is 11.5 Å². The third-order valence-corrected chi connectivity index (χ3v) is 6.41. The lowest BCUT2D eigenvalue weighted by atomic mass is 9.84. The third kappa shape index (κ3) is 3.58. The summed E-state index contributed by atoms with van der Waals surface area (Å²) < 4.78 is 11.2. The van der Waals surface area contributed by atoms with Crippen LogP contribution in [-0.2, 0) is 0 Å². The van der Waals surface area contributed by atoms with E-state index in [1.54, 1.807) is 56.3 Å². The number of fused-ring (bicyclic) bond motifs is 2. The summed E-state index contributed by atoms with van der Waals surface area (Å²) in [7, 11) is 0. The molecule has 5 aromatic rings. The minimum atomic E-state index is -1.19. The molecule has 0 aliphatic heterocycles. The Morgan fingerprint density at radius 2 is 1.26 bits per heavy atom. The molecule has 0 aliphatic rings. The van der Waals surface area contributed by atoms with Crippen molar-refractivity contribution in [3.8, 4) is 11.5 Å². The average molecular weight is 467 g/mol. The summed E-state index contributed by atoms with van der Waals surface area (Å²) in [6, 6.07) is 15.6. The number of benzene rings is 3. The predicted molar refractivity (Wildman–Crippen MR) is 132 cm³/mol. The molecule has 0 spiro atoms. The van der Waals surface area contributed by atoms with E-state index in [-0.39, 0.29) is 33.4 Å². The Morgan fingerprint density at radius 1 is 0.743 bits per heavy atom. The molecule has 3 aromatic carbocycles. The molecule has 1 N–H and O–H groups in total. The summed E-state index contributed by atoms with van der Waals surface area (Å²) in [5.41, 5.74) is 1.87. The summed E-state index contributed by atoms with van der Waals surface area (Å²) in [4.78, 5) is 26.6. The van der Waals surface area contributed by atoms with Gasteiger partial charge in [-0.15, -0.1) is 0 Å². The maximum Gasteiger partial charge on any atom is 0.344 e. The topological polar surface area (TPSA) is 104 Å². The number of hydrogen-bond donors (Lipinski definition) is 1. The molecule has 0 saturated carbocycles. The fraction of sp³-hybridized carbons (Fsp3) is 0.172. The molecular formula is C29H23O6-. The second-order valence-electron chi connectivity index (χ2n) is 9.04. The van der Waals surface area contributed by atoms with Crippen molar-refractivity contribution in [3.05, 3.63) is 114 Å². The van der Waals surface area contributed by atoms with E-state index < -0.39 is 22.9 Å². The minimum absolute atomic E-state index is 0.177. The predicted octanol–water partition coefficient (Wildman–Crippen LogP) is 5.09. The first-order valence-corrected chi connectivity index (χ1v) is 11.2. The van der Waals surface area contributed by atoms with Gasteiger partial charge in [0.2, 0.25) is 0 Å². The van der Waals surface area contributed by atoms with Crippen molar-refractivity contribution < 1.29 is 19.0 Å². The Hall–Kier alpha value is -4.32. The van der Waals surface area contributed by atoms with E-state index in [1.165, 1.54) is 0 Å². The van der Waals surface area contributed by atoms with Gasteiger partial charge in [0, 0.05) is 10.9 Å². The Balaban J connectivity index is 1.93. The van der Waals surface area contributed by atoms with Gasteiger partial charge < -0.3 is 19.0 Å². The molecule has 0 radical (unpaired) electrons. The van der Waals surface area contributed by atoms with Crippen molar-refractivity contribution in [1.82, 2.24) is 0 Å². The highest BCUT2D eigenvalue weighted by Crippen LogP contribution is 2.42. The molecule has 1 unspecified atom stereocenters. The van der Waals surface area contributed by atoms with E-state index in [2.05, 4.69) is 0 Å². The fourth-order valence-electron chi connectivity index (χ4n) is 5.01. The lowest BCUT2D eigenvalue weighted by Gasteiger charge is -2.24. The molecule has 0 amide bonds. The lowest BCUT2D eigenvalue weighted by molar-refractivity contribution is -0.267. The molecule has 0 fully saturated rings. The van der Waals surface area contributed by atoms with Gasteiger partial charge in [0.05, 0.1) is 16.9 Å². The van der Waals surface area contributed by atoms with Crippen LogP contribution in [0.3, 0.4) is 0 Å². The number of aryl methyl sites for hydroxylation is 4. The summed E-state index contributed by atoms with van der Waals surface area (Å²) >= 11 is 0.